The fourth-order valence-corrected chi connectivity index (χ4v) is 7.66. The van der Waals surface area contributed by atoms with Gasteiger partial charge in [-0.05, 0) is 46.9 Å². The monoisotopic (exact) mass is 842 g/mol. The molecule has 4 aromatic carbocycles. The van der Waals surface area contributed by atoms with Gasteiger partial charge >= 0.3 is 101 Å². The number of rotatable bonds is 5. The van der Waals surface area contributed by atoms with Gasteiger partial charge in [0.1, 0.15) is 5.58 Å². The molecule has 0 aliphatic heterocycles. The zero-order valence-corrected chi connectivity index (χ0v) is 31.6. The number of pyridine rings is 2. The molecule has 1 radical (unpaired) electrons. The smallest absolute Gasteiger partial charge is 0 e. The molecule has 3 nitrogen and oxygen atoms in total. The van der Waals surface area contributed by atoms with E-state index in [-0.39, 0.29) is 20.1 Å². The molecular weight excluding hydrogens is 801 g/mol. The number of aryl methyl sites for hydroxylation is 1. The van der Waals surface area contributed by atoms with E-state index in [4.69, 9.17) is 5.79 Å². The molecule has 0 spiro atoms. The van der Waals surface area contributed by atoms with Crippen LogP contribution in [0.5, 0.6) is 0 Å². The van der Waals surface area contributed by atoms with Crippen LogP contribution in [0.15, 0.2) is 120 Å². The van der Waals surface area contributed by atoms with E-state index in [0.717, 1.165) is 50.0 Å². The van der Waals surface area contributed by atoms with Crippen molar-refractivity contribution in [3.63, 3.8) is 0 Å². The summed E-state index contributed by atoms with van der Waals surface area (Å²) < 4.78 is 15.1. The van der Waals surface area contributed by atoms with Gasteiger partial charge in [0.2, 0.25) is 0 Å². The molecule has 3 aromatic heterocycles. The van der Waals surface area contributed by atoms with E-state index in [1.54, 1.807) is 18.2 Å². The number of furan rings is 1. The van der Waals surface area contributed by atoms with Crippen LogP contribution in [0.2, 0.25) is 17.3 Å². The Morgan fingerprint density at radius 1 is 0.739 bits per heavy atom. The topological polar surface area (TPSA) is 38.9 Å². The Kier molecular flexibility index (Phi) is 9.98. The summed E-state index contributed by atoms with van der Waals surface area (Å²) in [4.78, 5) is 9.14. The molecule has 0 fully saturated rings. The van der Waals surface area contributed by atoms with Crippen LogP contribution in [0.1, 0.15) is 32.3 Å². The maximum absolute atomic E-state index is 7.59. The summed E-state index contributed by atoms with van der Waals surface area (Å²) in [6.07, 6.45) is 3.95. The number of hydrogen-bond acceptors (Lipinski definition) is 3. The van der Waals surface area contributed by atoms with Crippen LogP contribution in [0.3, 0.4) is 0 Å². The number of nitrogens with zero attached hydrogens (tertiary/aromatic N) is 2. The van der Waals surface area contributed by atoms with Crippen LogP contribution in [0, 0.1) is 19.1 Å². The fraction of sp³-hybridized carbons (Fsp3) is 0.171. The minimum Gasteiger partial charge on any atom is 0 e. The van der Waals surface area contributed by atoms with E-state index in [2.05, 4.69) is 121 Å². The number of fused-ring (bicyclic) bond motifs is 3. The van der Waals surface area contributed by atoms with Gasteiger partial charge in [-0.25, -0.2) is 0 Å². The molecule has 5 heteroatoms. The van der Waals surface area contributed by atoms with Crippen molar-refractivity contribution in [1.82, 2.24) is 9.97 Å². The van der Waals surface area contributed by atoms with Crippen molar-refractivity contribution in [2.45, 2.75) is 44.0 Å². The van der Waals surface area contributed by atoms with Gasteiger partial charge in [0.15, 0.2) is 0 Å². The first-order valence-electron chi connectivity index (χ1n) is 15.9. The maximum Gasteiger partial charge on any atom is 0 e. The summed E-state index contributed by atoms with van der Waals surface area (Å²) in [6, 6.07) is 39.5. The van der Waals surface area contributed by atoms with Gasteiger partial charge in [0, 0.05) is 31.7 Å². The maximum atomic E-state index is 7.59. The number of benzene rings is 4. The van der Waals surface area contributed by atoms with Crippen LogP contribution in [0.4, 0.5) is 0 Å². The fourth-order valence-electron chi connectivity index (χ4n) is 5.48. The molecule has 7 rings (SSSR count). The Morgan fingerprint density at radius 2 is 1.52 bits per heavy atom. The number of aromatic nitrogens is 2. The molecule has 0 saturated heterocycles. The zero-order chi connectivity index (χ0) is 32.4. The van der Waals surface area contributed by atoms with Crippen molar-refractivity contribution in [1.29, 1.82) is 0 Å². The molecular formula is C41H38GeIrN2O-2. The Labute approximate surface area is 290 Å². The van der Waals surface area contributed by atoms with Crippen molar-refractivity contribution in [2.75, 3.05) is 0 Å². The summed E-state index contributed by atoms with van der Waals surface area (Å²) in [5.41, 5.74) is 10.4. The summed E-state index contributed by atoms with van der Waals surface area (Å²) in [6.45, 7) is 6.55. The molecule has 7 aromatic rings. The van der Waals surface area contributed by atoms with E-state index >= 15 is 0 Å². The Bertz CT molecular complexity index is 2130. The van der Waals surface area contributed by atoms with Crippen molar-refractivity contribution in [3.8, 4) is 33.6 Å². The summed E-state index contributed by atoms with van der Waals surface area (Å²) in [5, 5.41) is 2.22. The first kappa shape index (κ1) is 32.1. The molecule has 0 amide bonds. The van der Waals surface area contributed by atoms with Crippen LogP contribution >= 0.6 is 0 Å². The first-order valence-corrected chi connectivity index (χ1v) is 22.8. The molecule has 233 valence electrons. The average molecular weight is 841 g/mol. The molecule has 0 bridgehead atoms. The molecule has 3 heterocycles. The third kappa shape index (κ3) is 7.42. The second-order valence-corrected chi connectivity index (χ2v) is 23.4. The summed E-state index contributed by atoms with van der Waals surface area (Å²) in [7, 11) is 0. The van der Waals surface area contributed by atoms with E-state index < -0.39 is 13.3 Å². The Balaban J connectivity index is 0.000000207. The van der Waals surface area contributed by atoms with Gasteiger partial charge in [-0.2, -0.15) is 0 Å². The van der Waals surface area contributed by atoms with E-state index in [0.29, 0.717) is 12.0 Å². The average Bonchev–Trinajstić information content (AvgIpc) is 3.42. The van der Waals surface area contributed by atoms with E-state index in [1.807, 2.05) is 30.6 Å². The van der Waals surface area contributed by atoms with Gasteiger partial charge in [-0.3, -0.25) is 0 Å². The summed E-state index contributed by atoms with van der Waals surface area (Å²) in [5.74, 6) is 7.53. The molecule has 0 aliphatic rings. The predicted octanol–water partition coefficient (Wildman–Crippen LogP) is 10.6. The van der Waals surface area contributed by atoms with Gasteiger partial charge in [0.25, 0.3) is 0 Å². The second kappa shape index (κ2) is 14.3. The third-order valence-electron chi connectivity index (χ3n) is 8.11. The van der Waals surface area contributed by atoms with Crippen molar-refractivity contribution in [2.24, 2.45) is 0 Å². The normalized spacial score (nSPS) is 11.6. The van der Waals surface area contributed by atoms with Gasteiger partial charge < -0.3 is 9.40 Å². The molecule has 0 saturated carbocycles. The quantitative estimate of drug-likeness (QED) is 0.128. The van der Waals surface area contributed by atoms with Gasteiger partial charge in [-0.1, -0.05) is 67.8 Å². The summed E-state index contributed by atoms with van der Waals surface area (Å²) >= 11 is -1.77. The molecule has 0 atom stereocenters. The van der Waals surface area contributed by atoms with Crippen LogP contribution in [0.25, 0.3) is 55.6 Å². The van der Waals surface area contributed by atoms with Crippen molar-refractivity contribution in [3.05, 3.63) is 139 Å². The standard InChI is InChI=1S/C27H22NO.C14H16GeN.Ir/c1-17(2)23-15-25(28-16-18(23)3)21-10-12-26-24(13-21)22-11-9-20(14-27(22)29-26)19-7-5-4-6-8-19;1-15(2,3)13-9-10-14(16-11-13)12-7-5-4-6-8-12;/h4-9,11-17H,1-3H3;4-7,9-11H,1-3H3;/q2*-1;/i;5D;. The van der Waals surface area contributed by atoms with Crippen LogP contribution < -0.4 is 4.40 Å². The third-order valence-corrected chi connectivity index (χ3v) is 12.4. The first-order chi connectivity index (χ1) is 22.1. The van der Waals surface area contributed by atoms with Gasteiger partial charge in [-0.15, -0.1) is 23.8 Å². The van der Waals surface area contributed by atoms with Crippen molar-refractivity contribution < 1.29 is 25.9 Å². The molecule has 0 unspecified atom stereocenters. The SMILES string of the molecule is Cc1cnc(-c2[c-]cc3oc4cc(-c5ccccc5)ccc4c3c2)cc1C(C)C.[2H]c1cc[c-]c(-c2cc[c]([Ge]([CH3])([CH3])[CH3])cn2)c1.[Ir]. The van der Waals surface area contributed by atoms with Gasteiger partial charge in [0.05, 0.1) is 5.58 Å². The Morgan fingerprint density at radius 3 is 2.22 bits per heavy atom. The minimum absolute atomic E-state index is 0. The second-order valence-electron chi connectivity index (χ2n) is 12.8. The molecule has 0 N–H and O–H groups in total. The zero-order valence-electron chi connectivity index (χ0n) is 28.1. The molecule has 0 aliphatic carbocycles. The van der Waals surface area contributed by atoms with E-state index in [9.17, 15) is 0 Å². The van der Waals surface area contributed by atoms with Crippen LogP contribution in [-0.2, 0) is 20.1 Å². The molecule has 46 heavy (non-hydrogen) atoms. The Hall–Kier alpha value is -3.83. The number of hydrogen-bond donors (Lipinski definition) is 0. The van der Waals surface area contributed by atoms with Crippen LogP contribution in [-0.4, -0.2) is 23.2 Å². The predicted molar refractivity (Wildman–Crippen MR) is 192 cm³/mol. The van der Waals surface area contributed by atoms with E-state index in [1.165, 1.54) is 21.1 Å². The van der Waals surface area contributed by atoms with Crippen molar-refractivity contribution >= 4 is 39.6 Å². The largest absolute Gasteiger partial charge is 0 e. The minimum atomic E-state index is -1.77.